The van der Waals surface area contributed by atoms with Crippen molar-refractivity contribution in [3.8, 4) is 5.75 Å². The Labute approximate surface area is 138 Å². The van der Waals surface area contributed by atoms with E-state index in [0.717, 1.165) is 18.5 Å². The maximum absolute atomic E-state index is 12.9. The fraction of sp³-hybridized carbons (Fsp3) is 0.412. The minimum atomic E-state index is -0.918. The molecule has 1 saturated carbocycles. The van der Waals surface area contributed by atoms with Crippen LogP contribution in [0.4, 0.5) is 0 Å². The molecule has 122 valence electrons. The first-order valence-electron chi connectivity index (χ1n) is 7.57. The number of carboxylic acid groups (broad SMARTS) is 1. The van der Waals surface area contributed by atoms with Crippen LogP contribution in [0.3, 0.4) is 0 Å². The summed E-state index contributed by atoms with van der Waals surface area (Å²) in [6.45, 7) is 1.87. The zero-order valence-corrected chi connectivity index (χ0v) is 13.8. The number of methoxy groups -OCH3 is 1. The number of halogens is 1. The van der Waals surface area contributed by atoms with Gasteiger partial charge in [0.2, 0.25) is 0 Å². The molecule has 6 heteroatoms. The first-order chi connectivity index (χ1) is 11.0. The molecular weight excluding hydrogens is 318 g/mol. The Balaban J connectivity index is 2.37. The van der Waals surface area contributed by atoms with Gasteiger partial charge in [-0.3, -0.25) is 9.59 Å². The van der Waals surface area contributed by atoms with E-state index in [2.05, 4.69) is 4.57 Å². The number of fused-ring (bicyclic) bond motifs is 1. The van der Waals surface area contributed by atoms with E-state index in [4.69, 9.17) is 21.4 Å². The second kappa shape index (κ2) is 5.89. The third-order valence-electron chi connectivity index (χ3n) is 4.35. The van der Waals surface area contributed by atoms with Crippen LogP contribution in [-0.2, 0) is 11.2 Å². The smallest absolute Gasteiger partial charge is 0.303 e. The number of rotatable bonds is 5. The zero-order chi connectivity index (χ0) is 16.7. The molecule has 1 N–H and O–H groups in total. The van der Waals surface area contributed by atoms with Crippen molar-refractivity contribution in [3.63, 3.8) is 0 Å². The maximum atomic E-state index is 12.9. The predicted molar refractivity (Wildman–Crippen MR) is 88.7 cm³/mol. The van der Waals surface area contributed by atoms with Crippen LogP contribution < -0.4 is 10.2 Å². The van der Waals surface area contributed by atoms with Crippen molar-refractivity contribution in [1.29, 1.82) is 0 Å². The van der Waals surface area contributed by atoms with Gasteiger partial charge in [0, 0.05) is 23.7 Å². The highest BCUT2D eigenvalue weighted by Gasteiger charge is 2.30. The van der Waals surface area contributed by atoms with E-state index in [0.29, 0.717) is 33.3 Å². The van der Waals surface area contributed by atoms with Gasteiger partial charge in [-0.05, 0) is 38.3 Å². The number of benzene rings is 1. The molecular formula is C17H18ClNO4. The van der Waals surface area contributed by atoms with Gasteiger partial charge in [0.25, 0.3) is 0 Å². The number of nitrogens with zero attached hydrogens (tertiary/aromatic N) is 1. The van der Waals surface area contributed by atoms with Crippen LogP contribution in [-0.4, -0.2) is 22.8 Å². The Hall–Kier alpha value is -2.01. The SMILES string of the molecule is COc1ccc(Cl)c2c(=O)c(CCC(=O)O)c(C)n(C3CC3)c12. The number of ether oxygens (including phenoxy) is 1. The summed E-state index contributed by atoms with van der Waals surface area (Å²) in [6.07, 6.45) is 2.20. The van der Waals surface area contributed by atoms with E-state index < -0.39 is 5.97 Å². The number of aromatic nitrogens is 1. The fourth-order valence-corrected chi connectivity index (χ4v) is 3.35. The third kappa shape index (κ3) is 2.70. The molecule has 3 rings (SSSR count). The third-order valence-corrected chi connectivity index (χ3v) is 4.67. The quantitative estimate of drug-likeness (QED) is 0.910. The van der Waals surface area contributed by atoms with E-state index in [1.807, 2.05) is 6.92 Å². The lowest BCUT2D eigenvalue weighted by atomic mass is 10.0. The normalized spacial score (nSPS) is 14.2. The van der Waals surface area contributed by atoms with Crippen molar-refractivity contribution < 1.29 is 14.6 Å². The van der Waals surface area contributed by atoms with E-state index in [1.165, 1.54) is 0 Å². The minimum absolute atomic E-state index is 0.0756. The molecule has 1 aromatic heterocycles. The summed E-state index contributed by atoms with van der Waals surface area (Å²) in [4.78, 5) is 23.8. The summed E-state index contributed by atoms with van der Waals surface area (Å²) in [6, 6.07) is 3.73. The summed E-state index contributed by atoms with van der Waals surface area (Å²) in [5, 5.41) is 9.73. The van der Waals surface area contributed by atoms with Crippen LogP contribution in [0.15, 0.2) is 16.9 Å². The van der Waals surface area contributed by atoms with Gasteiger partial charge in [-0.25, -0.2) is 0 Å². The van der Waals surface area contributed by atoms with E-state index in [1.54, 1.807) is 19.2 Å². The van der Waals surface area contributed by atoms with Crippen molar-refractivity contribution in [2.75, 3.05) is 7.11 Å². The molecule has 0 spiro atoms. The Kier molecular flexibility index (Phi) is 4.06. The summed E-state index contributed by atoms with van der Waals surface area (Å²) >= 11 is 6.29. The summed E-state index contributed by atoms with van der Waals surface area (Å²) < 4.78 is 7.53. The van der Waals surface area contributed by atoms with Crippen LogP contribution >= 0.6 is 11.6 Å². The Bertz CT molecular complexity index is 852. The number of aliphatic carboxylic acids is 1. The van der Waals surface area contributed by atoms with Crippen LogP contribution in [0, 0.1) is 6.92 Å². The predicted octanol–water partition coefficient (Wildman–Crippen LogP) is 3.32. The highest BCUT2D eigenvalue weighted by molar-refractivity contribution is 6.35. The minimum Gasteiger partial charge on any atom is -0.495 e. The van der Waals surface area contributed by atoms with Crippen molar-refractivity contribution in [2.24, 2.45) is 0 Å². The molecule has 0 radical (unpaired) electrons. The molecule has 0 atom stereocenters. The van der Waals surface area contributed by atoms with Crippen molar-refractivity contribution >= 4 is 28.5 Å². The van der Waals surface area contributed by atoms with Gasteiger partial charge in [-0.15, -0.1) is 0 Å². The van der Waals surface area contributed by atoms with Gasteiger partial charge < -0.3 is 14.4 Å². The van der Waals surface area contributed by atoms with E-state index in [-0.39, 0.29) is 18.3 Å². The molecule has 0 unspecified atom stereocenters. The maximum Gasteiger partial charge on any atom is 0.303 e. The zero-order valence-electron chi connectivity index (χ0n) is 13.1. The van der Waals surface area contributed by atoms with Crippen molar-refractivity contribution in [2.45, 2.75) is 38.6 Å². The lowest BCUT2D eigenvalue weighted by Crippen LogP contribution is -2.20. The second-order valence-electron chi connectivity index (χ2n) is 5.86. The van der Waals surface area contributed by atoms with Gasteiger partial charge in [0.15, 0.2) is 5.43 Å². The molecule has 23 heavy (non-hydrogen) atoms. The van der Waals surface area contributed by atoms with Gasteiger partial charge >= 0.3 is 5.97 Å². The summed E-state index contributed by atoms with van der Waals surface area (Å²) in [7, 11) is 1.57. The molecule has 1 fully saturated rings. The summed E-state index contributed by atoms with van der Waals surface area (Å²) in [5.41, 5.74) is 1.86. The molecule has 0 amide bonds. The number of carboxylic acids is 1. The van der Waals surface area contributed by atoms with Gasteiger partial charge in [0.05, 0.1) is 23.0 Å². The lowest BCUT2D eigenvalue weighted by molar-refractivity contribution is -0.136. The van der Waals surface area contributed by atoms with Gasteiger partial charge in [-0.1, -0.05) is 11.6 Å². The highest BCUT2D eigenvalue weighted by atomic mass is 35.5. The Morgan fingerprint density at radius 3 is 2.70 bits per heavy atom. The van der Waals surface area contributed by atoms with Gasteiger partial charge in [0.1, 0.15) is 5.75 Å². The van der Waals surface area contributed by atoms with E-state index >= 15 is 0 Å². The van der Waals surface area contributed by atoms with Crippen LogP contribution in [0.5, 0.6) is 5.75 Å². The topological polar surface area (TPSA) is 68.5 Å². The van der Waals surface area contributed by atoms with Crippen LogP contribution in [0.25, 0.3) is 10.9 Å². The van der Waals surface area contributed by atoms with Crippen molar-refractivity contribution in [1.82, 2.24) is 4.57 Å². The first kappa shape index (κ1) is 15.9. The number of pyridine rings is 1. The fourth-order valence-electron chi connectivity index (χ4n) is 3.11. The average molecular weight is 336 g/mol. The molecule has 1 aromatic carbocycles. The number of hydrogen-bond donors (Lipinski definition) is 1. The Morgan fingerprint density at radius 2 is 2.13 bits per heavy atom. The standard InChI is InChI=1S/C17H18ClNO4/c1-9-11(5-8-14(20)21)17(22)15-12(18)6-7-13(23-2)16(15)19(9)10-3-4-10/h6-7,10H,3-5,8H2,1-2H3,(H,20,21). The molecule has 2 aromatic rings. The molecule has 0 bridgehead atoms. The largest absolute Gasteiger partial charge is 0.495 e. The second-order valence-corrected chi connectivity index (χ2v) is 6.27. The molecule has 0 saturated heterocycles. The number of hydrogen-bond acceptors (Lipinski definition) is 3. The van der Waals surface area contributed by atoms with Crippen LogP contribution in [0.2, 0.25) is 5.02 Å². The van der Waals surface area contributed by atoms with Crippen LogP contribution in [0.1, 0.15) is 36.6 Å². The van der Waals surface area contributed by atoms with E-state index in [9.17, 15) is 9.59 Å². The molecule has 5 nitrogen and oxygen atoms in total. The van der Waals surface area contributed by atoms with Crippen molar-refractivity contribution in [3.05, 3.63) is 38.6 Å². The Morgan fingerprint density at radius 1 is 1.43 bits per heavy atom. The summed E-state index contributed by atoms with van der Waals surface area (Å²) in [5.74, 6) is -0.306. The average Bonchev–Trinajstić information content (AvgIpc) is 3.31. The lowest BCUT2D eigenvalue weighted by Gasteiger charge is -2.20. The van der Waals surface area contributed by atoms with Gasteiger partial charge in [-0.2, -0.15) is 0 Å². The molecule has 1 aliphatic rings. The molecule has 1 aliphatic carbocycles. The number of carbonyl (C=O) groups is 1. The highest BCUT2D eigenvalue weighted by Crippen LogP contribution is 2.42. The molecule has 0 aliphatic heterocycles. The first-order valence-corrected chi connectivity index (χ1v) is 7.95. The molecule has 1 heterocycles. The monoisotopic (exact) mass is 335 g/mol.